The number of benzene rings is 2. The number of fused-ring (bicyclic) bond motifs is 2. The molecule has 0 saturated carbocycles. The number of para-hydroxylation sites is 1. The van der Waals surface area contributed by atoms with Crippen LogP contribution in [0.2, 0.25) is 5.02 Å². The van der Waals surface area contributed by atoms with Crippen molar-refractivity contribution in [2.45, 2.75) is 6.04 Å². The summed E-state index contributed by atoms with van der Waals surface area (Å²) in [6.07, 6.45) is 0. The number of aliphatic hydroxyl groups is 1. The summed E-state index contributed by atoms with van der Waals surface area (Å²) >= 11 is 6.04. The Bertz CT molecular complexity index is 1110. The fourth-order valence-corrected chi connectivity index (χ4v) is 3.72. The number of ether oxygens (including phenoxy) is 1. The topological polar surface area (TPSA) is 80.0 Å². The first-order chi connectivity index (χ1) is 13.1. The second-order valence-corrected chi connectivity index (χ2v) is 6.62. The van der Waals surface area contributed by atoms with Crippen LogP contribution in [-0.2, 0) is 0 Å². The highest BCUT2D eigenvalue weighted by Crippen LogP contribution is 2.41. The van der Waals surface area contributed by atoms with Crippen LogP contribution in [-0.4, -0.2) is 36.2 Å². The molecule has 1 N–H and O–H groups in total. The predicted molar refractivity (Wildman–Crippen MR) is 100 cm³/mol. The van der Waals surface area contributed by atoms with Crippen LogP contribution < -0.4 is 10.2 Å². The van der Waals surface area contributed by atoms with E-state index in [2.05, 4.69) is 0 Å². The Kier molecular flexibility index (Phi) is 4.37. The zero-order chi connectivity index (χ0) is 19.1. The van der Waals surface area contributed by atoms with Crippen LogP contribution in [0.15, 0.2) is 51.7 Å². The standard InChI is InChI=1S/C20H16ClNO5/c1-26-14-5-3-2-4-12(14)17-16-18(24)13-10-11(21)6-7-15(13)27-19(16)20(25)22(17)8-9-23/h2-7,10,17,23H,8-9H2,1H3/t17-/m0/s1. The molecule has 4 rings (SSSR count). The summed E-state index contributed by atoms with van der Waals surface area (Å²) in [7, 11) is 1.52. The van der Waals surface area contributed by atoms with Crippen molar-refractivity contribution in [2.24, 2.45) is 0 Å². The normalized spacial score (nSPS) is 16.0. The zero-order valence-electron chi connectivity index (χ0n) is 14.4. The van der Waals surface area contributed by atoms with Gasteiger partial charge in [-0.1, -0.05) is 29.8 Å². The van der Waals surface area contributed by atoms with Gasteiger partial charge < -0.3 is 19.2 Å². The summed E-state index contributed by atoms with van der Waals surface area (Å²) in [5, 5.41) is 10.2. The van der Waals surface area contributed by atoms with Crippen molar-refractivity contribution in [1.29, 1.82) is 0 Å². The van der Waals surface area contributed by atoms with Gasteiger partial charge in [0.15, 0.2) is 5.43 Å². The Labute approximate surface area is 159 Å². The number of aliphatic hydroxyl groups excluding tert-OH is 1. The van der Waals surface area contributed by atoms with Crippen molar-refractivity contribution in [2.75, 3.05) is 20.3 Å². The Morgan fingerprint density at radius 3 is 2.74 bits per heavy atom. The van der Waals surface area contributed by atoms with E-state index in [-0.39, 0.29) is 29.9 Å². The molecule has 1 aromatic heterocycles. The molecule has 1 amide bonds. The van der Waals surface area contributed by atoms with E-state index in [4.69, 9.17) is 20.8 Å². The van der Waals surface area contributed by atoms with E-state index < -0.39 is 11.9 Å². The highest BCUT2D eigenvalue weighted by molar-refractivity contribution is 6.31. The van der Waals surface area contributed by atoms with Gasteiger partial charge in [0, 0.05) is 17.1 Å². The summed E-state index contributed by atoms with van der Waals surface area (Å²) in [4.78, 5) is 27.6. The van der Waals surface area contributed by atoms with Crippen LogP contribution in [0.5, 0.6) is 5.75 Å². The summed E-state index contributed by atoms with van der Waals surface area (Å²) in [5.74, 6) is 0.0831. The lowest BCUT2D eigenvalue weighted by atomic mass is 9.97. The van der Waals surface area contributed by atoms with Crippen LogP contribution in [0.4, 0.5) is 0 Å². The van der Waals surface area contributed by atoms with Gasteiger partial charge in [0.25, 0.3) is 5.91 Å². The van der Waals surface area contributed by atoms with Crippen LogP contribution in [0, 0.1) is 0 Å². The number of rotatable bonds is 4. The molecular formula is C20H16ClNO5. The number of carbonyl (C=O) groups is 1. The lowest BCUT2D eigenvalue weighted by Gasteiger charge is -2.25. The molecule has 0 aliphatic carbocycles. The summed E-state index contributed by atoms with van der Waals surface area (Å²) < 4.78 is 11.2. The molecule has 7 heteroatoms. The molecule has 1 atom stereocenters. The SMILES string of the molecule is COc1ccccc1[C@H]1c2c(oc3ccc(Cl)cc3c2=O)C(=O)N1CCO. The van der Waals surface area contributed by atoms with Gasteiger partial charge in [0.05, 0.1) is 30.7 Å². The average molecular weight is 386 g/mol. The molecule has 27 heavy (non-hydrogen) atoms. The second-order valence-electron chi connectivity index (χ2n) is 6.18. The van der Waals surface area contributed by atoms with Crippen LogP contribution in [0.25, 0.3) is 11.0 Å². The molecule has 1 aliphatic heterocycles. The molecule has 138 valence electrons. The Morgan fingerprint density at radius 1 is 1.22 bits per heavy atom. The molecule has 1 aliphatic rings. The van der Waals surface area contributed by atoms with E-state index in [0.29, 0.717) is 27.3 Å². The van der Waals surface area contributed by atoms with Crippen molar-refractivity contribution in [3.63, 3.8) is 0 Å². The van der Waals surface area contributed by atoms with E-state index in [1.54, 1.807) is 36.4 Å². The Hall–Kier alpha value is -2.83. The quantitative estimate of drug-likeness (QED) is 0.746. The van der Waals surface area contributed by atoms with E-state index in [1.165, 1.54) is 18.1 Å². The average Bonchev–Trinajstić information content (AvgIpc) is 2.95. The summed E-state index contributed by atoms with van der Waals surface area (Å²) in [6.45, 7) is -0.187. The number of hydrogen-bond acceptors (Lipinski definition) is 5. The van der Waals surface area contributed by atoms with Gasteiger partial charge in [-0.2, -0.15) is 0 Å². The van der Waals surface area contributed by atoms with Gasteiger partial charge in [-0.05, 0) is 24.3 Å². The van der Waals surface area contributed by atoms with Crippen molar-refractivity contribution >= 4 is 28.5 Å². The molecule has 0 bridgehead atoms. The molecule has 6 nitrogen and oxygen atoms in total. The van der Waals surface area contributed by atoms with E-state index in [1.807, 2.05) is 0 Å². The molecular weight excluding hydrogens is 370 g/mol. The van der Waals surface area contributed by atoms with Gasteiger partial charge in [-0.3, -0.25) is 9.59 Å². The van der Waals surface area contributed by atoms with Crippen molar-refractivity contribution < 1.29 is 19.1 Å². The van der Waals surface area contributed by atoms with Gasteiger partial charge in [0.1, 0.15) is 11.3 Å². The first-order valence-corrected chi connectivity index (χ1v) is 8.75. The zero-order valence-corrected chi connectivity index (χ0v) is 15.2. The summed E-state index contributed by atoms with van der Waals surface area (Å²) in [6, 6.07) is 11.1. The first kappa shape index (κ1) is 17.6. The van der Waals surface area contributed by atoms with E-state index >= 15 is 0 Å². The highest BCUT2D eigenvalue weighted by atomic mass is 35.5. The monoisotopic (exact) mass is 385 g/mol. The molecule has 3 aromatic rings. The molecule has 2 heterocycles. The molecule has 0 fully saturated rings. The van der Waals surface area contributed by atoms with Gasteiger partial charge in [-0.25, -0.2) is 0 Å². The van der Waals surface area contributed by atoms with Crippen LogP contribution in [0.3, 0.4) is 0 Å². The molecule has 0 saturated heterocycles. The van der Waals surface area contributed by atoms with Crippen molar-refractivity contribution in [1.82, 2.24) is 4.90 Å². The number of halogens is 1. The van der Waals surface area contributed by atoms with E-state index in [9.17, 15) is 14.7 Å². The van der Waals surface area contributed by atoms with Crippen LogP contribution >= 0.6 is 11.6 Å². The minimum Gasteiger partial charge on any atom is -0.496 e. The molecule has 0 unspecified atom stereocenters. The number of nitrogens with zero attached hydrogens (tertiary/aromatic N) is 1. The number of β-amino-alcohol motifs (C(OH)–C–C–N with tert-alkyl or cyclic N) is 1. The second kappa shape index (κ2) is 6.72. The number of hydrogen-bond donors (Lipinski definition) is 1. The fourth-order valence-electron chi connectivity index (χ4n) is 3.55. The third kappa shape index (κ3) is 2.69. The van der Waals surface area contributed by atoms with Crippen LogP contribution in [0.1, 0.15) is 27.7 Å². The number of methoxy groups -OCH3 is 1. The Balaban J connectivity index is 2.04. The molecule has 0 spiro atoms. The Morgan fingerprint density at radius 2 is 2.00 bits per heavy atom. The fraction of sp³-hybridized carbons (Fsp3) is 0.200. The lowest BCUT2D eigenvalue weighted by Crippen LogP contribution is -2.32. The maximum atomic E-state index is 13.3. The van der Waals surface area contributed by atoms with Gasteiger partial charge >= 0.3 is 0 Å². The molecule has 0 radical (unpaired) electrons. The van der Waals surface area contributed by atoms with Crippen molar-refractivity contribution in [3.8, 4) is 5.75 Å². The third-order valence-corrected chi connectivity index (χ3v) is 4.94. The maximum absolute atomic E-state index is 13.3. The number of carbonyl (C=O) groups excluding carboxylic acids is 1. The smallest absolute Gasteiger partial charge is 0.290 e. The minimum absolute atomic E-state index is 0.0146. The molecule has 2 aromatic carbocycles. The van der Waals surface area contributed by atoms with E-state index in [0.717, 1.165) is 0 Å². The number of amides is 1. The van der Waals surface area contributed by atoms with Gasteiger partial charge in [-0.15, -0.1) is 0 Å². The predicted octanol–water partition coefficient (Wildman–Crippen LogP) is 2.99. The van der Waals surface area contributed by atoms with Crippen molar-refractivity contribution in [3.05, 3.63) is 74.6 Å². The first-order valence-electron chi connectivity index (χ1n) is 8.37. The lowest BCUT2D eigenvalue weighted by molar-refractivity contribution is 0.0690. The van der Waals surface area contributed by atoms with Gasteiger partial charge in [0.2, 0.25) is 5.76 Å². The third-order valence-electron chi connectivity index (χ3n) is 4.70. The summed E-state index contributed by atoms with van der Waals surface area (Å²) in [5.41, 5.74) is 0.849. The highest BCUT2D eigenvalue weighted by Gasteiger charge is 2.43. The maximum Gasteiger partial charge on any atom is 0.290 e. The largest absolute Gasteiger partial charge is 0.496 e. The minimum atomic E-state index is -0.713.